The minimum atomic E-state index is -0.505. The summed E-state index contributed by atoms with van der Waals surface area (Å²) < 4.78 is 30.7. The van der Waals surface area contributed by atoms with Gasteiger partial charge < -0.3 is 4.57 Å². The number of hydrogen-bond acceptors (Lipinski definition) is 1. The Bertz CT molecular complexity index is 957. The fourth-order valence-corrected chi connectivity index (χ4v) is 4.02. The van der Waals surface area contributed by atoms with E-state index in [9.17, 15) is 8.78 Å². The van der Waals surface area contributed by atoms with Crippen LogP contribution in [-0.2, 0) is 25.9 Å². The van der Waals surface area contributed by atoms with Crippen molar-refractivity contribution in [1.29, 1.82) is 0 Å². The van der Waals surface area contributed by atoms with Gasteiger partial charge in [0.15, 0.2) is 0 Å². The van der Waals surface area contributed by atoms with E-state index in [1.807, 2.05) is 0 Å². The van der Waals surface area contributed by atoms with E-state index in [0.717, 1.165) is 42.1 Å². The van der Waals surface area contributed by atoms with Gasteiger partial charge in [-0.15, -0.1) is 0 Å². The number of aryl methyl sites for hydroxylation is 3. The third-order valence-electron chi connectivity index (χ3n) is 5.69. The molecule has 0 amide bonds. The van der Waals surface area contributed by atoms with E-state index in [4.69, 9.17) is 0 Å². The molecule has 0 bridgehead atoms. The van der Waals surface area contributed by atoms with Gasteiger partial charge in [-0.1, -0.05) is 29.8 Å². The highest BCUT2D eigenvalue weighted by Gasteiger charge is 2.28. The maximum atomic E-state index is 14.7. The lowest BCUT2D eigenvalue weighted by Gasteiger charge is -2.31. The van der Waals surface area contributed by atoms with Crippen molar-refractivity contribution >= 4 is 10.9 Å². The average Bonchev–Trinajstić information content (AvgIpc) is 2.88. The summed E-state index contributed by atoms with van der Waals surface area (Å²) >= 11 is 0. The Labute approximate surface area is 153 Å². The van der Waals surface area contributed by atoms with Crippen molar-refractivity contribution in [2.45, 2.75) is 45.8 Å². The Hall–Kier alpha value is -2.20. The van der Waals surface area contributed by atoms with Crippen LogP contribution in [0.4, 0.5) is 8.78 Å². The maximum absolute atomic E-state index is 14.7. The van der Waals surface area contributed by atoms with Crippen molar-refractivity contribution in [1.82, 2.24) is 9.47 Å². The zero-order valence-corrected chi connectivity index (χ0v) is 15.5. The molecule has 136 valence electrons. The molecule has 0 saturated carbocycles. The predicted octanol–water partition coefficient (Wildman–Crippen LogP) is 4.85. The van der Waals surface area contributed by atoms with E-state index >= 15 is 0 Å². The molecule has 0 spiro atoms. The van der Waals surface area contributed by atoms with Crippen LogP contribution in [0.25, 0.3) is 10.9 Å². The molecular weight excluding hydrogens is 330 g/mol. The number of hydrogen-bond donors (Lipinski definition) is 0. The third kappa shape index (κ3) is 2.92. The lowest BCUT2D eigenvalue weighted by Crippen LogP contribution is -2.35. The van der Waals surface area contributed by atoms with Gasteiger partial charge in [-0.05, 0) is 44.5 Å². The molecule has 0 fully saturated rings. The van der Waals surface area contributed by atoms with Crippen LogP contribution >= 0.6 is 0 Å². The molecule has 4 rings (SSSR count). The molecule has 0 aliphatic carbocycles. The standard InChI is InChI=1S/C22H24F2N2/c1-14-4-6-16(7-5-14)8-9-26-21-10-15(2)25(3)13-19(21)18-11-17(23)12-20(24)22(18)26/h4-7,11-12,15H,8-10,13H2,1-3H3. The fourth-order valence-electron chi connectivity index (χ4n) is 4.02. The Morgan fingerprint density at radius 1 is 1.12 bits per heavy atom. The molecule has 1 aromatic heterocycles. The van der Waals surface area contributed by atoms with Crippen molar-refractivity contribution < 1.29 is 8.78 Å². The fraction of sp³-hybridized carbons (Fsp3) is 0.364. The van der Waals surface area contributed by atoms with Gasteiger partial charge in [0.25, 0.3) is 0 Å². The predicted molar refractivity (Wildman–Crippen MR) is 101 cm³/mol. The topological polar surface area (TPSA) is 8.17 Å². The van der Waals surface area contributed by atoms with Crippen LogP contribution in [-0.4, -0.2) is 22.6 Å². The van der Waals surface area contributed by atoms with E-state index < -0.39 is 11.6 Å². The van der Waals surface area contributed by atoms with E-state index in [-0.39, 0.29) is 0 Å². The normalized spacial score (nSPS) is 17.7. The van der Waals surface area contributed by atoms with Crippen LogP contribution in [0.2, 0.25) is 0 Å². The Morgan fingerprint density at radius 3 is 2.58 bits per heavy atom. The van der Waals surface area contributed by atoms with E-state index in [2.05, 4.69) is 54.6 Å². The number of likely N-dealkylation sites (N-methyl/N-ethyl adjacent to an activating group) is 1. The number of halogens is 2. The van der Waals surface area contributed by atoms with Crippen LogP contribution in [0.5, 0.6) is 0 Å². The summed E-state index contributed by atoms with van der Waals surface area (Å²) in [4.78, 5) is 2.24. The smallest absolute Gasteiger partial charge is 0.150 e. The second-order valence-electron chi connectivity index (χ2n) is 7.56. The first-order chi connectivity index (χ1) is 12.4. The highest BCUT2D eigenvalue weighted by Crippen LogP contribution is 2.34. The monoisotopic (exact) mass is 354 g/mol. The Balaban J connectivity index is 1.80. The largest absolute Gasteiger partial charge is 0.341 e. The first kappa shape index (κ1) is 17.2. The zero-order valence-electron chi connectivity index (χ0n) is 15.5. The minimum absolute atomic E-state index is 0.387. The van der Waals surface area contributed by atoms with Gasteiger partial charge in [0, 0.05) is 42.7 Å². The highest BCUT2D eigenvalue weighted by molar-refractivity contribution is 5.86. The van der Waals surface area contributed by atoms with Gasteiger partial charge in [0.05, 0.1) is 5.52 Å². The van der Waals surface area contributed by atoms with Gasteiger partial charge in [0.2, 0.25) is 0 Å². The van der Waals surface area contributed by atoms with E-state index in [0.29, 0.717) is 18.1 Å². The summed E-state index contributed by atoms with van der Waals surface area (Å²) in [6.07, 6.45) is 1.69. The first-order valence-corrected chi connectivity index (χ1v) is 9.19. The Kier molecular flexibility index (Phi) is 4.31. The molecule has 0 radical (unpaired) electrons. The number of rotatable bonds is 3. The maximum Gasteiger partial charge on any atom is 0.150 e. The van der Waals surface area contributed by atoms with Crippen molar-refractivity contribution in [2.75, 3.05) is 7.05 Å². The summed E-state index contributed by atoms with van der Waals surface area (Å²) in [6, 6.07) is 11.3. The summed E-state index contributed by atoms with van der Waals surface area (Å²) in [5, 5.41) is 0.722. The second kappa shape index (κ2) is 6.51. The van der Waals surface area contributed by atoms with Gasteiger partial charge >= 0.3 is 0 Å². The summed E-state index contributed by atoms with van der Waals surface area (Å²) in [7, 11) is 2.07. The number of aromatic nitrogens is 1. The van der Waals surface area contributed by atoms with Crippen LogP contribution in [0.1, 0.15) is 29.3 Å². The molecule has 1 aliphatic heterocycles. The number of nitrogens with zero attached hydrogens (tertiary/aromatic N) is 2. The third-order valence-corrected chi connectivity index (χ3v) is 5.69. The number of fused-ring (bicyclic) bond motifs is 3. The Morgan fingerprint density at radius 2 is 1.85 bits per heavy atom. The van der Waals surface area contributed by atoms with Crippen LogP contribution in [0.3, 0.4) is 0 Å². The quantitative estimate of drug-likeness (QED) is 0.653. The molecule has 4 heteroatoms. The van der Waals surface area contributed by atoms with E-state index in [1.54, 1.807) is 0 Å². The van der Waals surface area contributed by atoms with Crippen molar-refractivity contribution in [3.8, 4) is 0 Å². The lowest BCUT2D eigenvalue weighted by atomic mass is 10.00. The molecule has 2 nitrogen and oxygen atoms in total. The molecule has 26 heavy (non-hydrogen) atoms. The molecule has 2 heterocycles. The van der Waals surface area contributed by atoms with Gasteiger partial charge in [-0.3, -0.25) is 4.90 Å². The molecule has 1 aliphatic rings. The van der Waals surface area contributed by atoms with Crippen LogP contribution < -0.4 is 0 Å². The molecule has 3 aromatic rings. The average molecular weight is 354 g/mol. The summed E-state index contributed by atoms with van der Waals surface area (Å²) in [5.41, 5.74) is 5.24. The van der Waals surface area contributed by atoms with Gasteiger partial charge in [-0.25, -0.2) is 8.78 Å². The first-order valence-electron chi connectivity index (χ1n) is 9.19. The van der Waals surface area contributed by atoms with Crippen LogP contribution in [0, 0.1) is 18.6 Å². The highest BCUT2D eigenvalue weighted by atomic mass is 19.1. The molecule has 0 N–H and O–H groups in total. The molecular formula is C22H24F2N2. The second-order valence-corrected chi connectivity index (χ2v) is 7.56. The SMILES string of the molecule is Cc1ccc(CCn2c3c(c4cc(F)cc(F)c42)CN(C)C(C)C3)cc1. The summed E-state index contributed by atoms with van der Waals surface area (Å²) in [6.45, 7) is 5.69. The van der Waals surface area contributed by atoms with Crippen LogP contribution in [0.15, 0.2) is 36.4 Å². The van der Waals surface area contributed by atoms with Gasteiger partial charge in [0.1, 0.15) is 11.6 Å². The van der Waals surface area contributed by atoms with Crippen molar-refractivity contribution in [3.05, 3.63) is 70.4 Å². The lowest BCUT2D eigenvalue weighted by molar-refractivity contribution is 0.228. The number of benzene rings is 2. The molecule has 2 aromatic carbocycles. The van der Waals surface area contributed by atoms with Crippen molar-refractivity contribution in [2.24, 2.45) is 0 Å². The molecule has 0 saturated heterocycles. The molecule has 1 unspecified atom stereocenters. The van der Waals surface area contributed by atoms with Gasteiger partial charge in [-0.2, -0.15) is 0 Å². The van der Waals surface area contributed by atoms with E-state index in [1.165, 1.54) is 17.2 Å². The zero-order chi connectivity index (χ0) is 18.4. The molecule has 1 atom stereocenters. The minimum Gasteiger partial charge on any atom is -0.341 e. The summed E-state index contributed by atoms with van der Waals surface area (Å²) in [5.74, 6) is -0.969. The van der Waals surface area contributed by atoms with Crippen molar-refractivity contribution in [3.63, 3.8) is 0 Å².